The number of ether oxygens (including phenoxy) is 4. The molecular weight excluding hydrogens is 867 g/mol. The molecule has 2 fully saturated rings. The number of morpholine rings is 2. The lowest BCUT2D eigenvalue weighted by Gasteiger charge is -2.27. The van der Waals surface area contributed by atoms with Gasteiger partial charge in [-0.3, -0.25) is 9.80 Å². The van der Waals surface area contributed by atoms with Gasteiger partial charge in [-0.2, -0.15) is 0 Å². The first-order valence-corrected chi connectivity index (χ1v) is 21.5. The summed E-state index contributed by atoms with van der Waals surface area (Å²) in [6.07, 6.45) is 3.05. The predicted octanol–water partition coefficient (Wildman–Crippen LogP) is 8.90. The molecule has 1 N–H and O–H groups in total. The molecule has 2 aliphatic heterocycles. The fourth-order valence-electron chi connectivity index (χ4n) is 8.20. The van der Waals surface area contributed by atoms with Gasteiger partial charge < -0.3 is 32.9 Å². The molecule has 63 heavy (non-hydrogen) atoms. The van der Waals surface area contributed by atoms with Crippen LogP contribution in [0, 0.1) is 0 Å². The number of aliphatic hydroxyl groups is 1. The molecule has 8 rings (SSSR count). The summed E-state index contributed by atoms with van der Waals surface area (Å²) < 4.78 is 35.5. The molecule has 0 aliphatic carbocycles. The fraction of sp³-hybridized carbons (Fsp3) is 0.306. The molecule has 0 bridgehead atoms. The molecule has 4 heterocycles. The van der Waals surface area contributed by atoms with Crippen LogP contribution in [0.2, 0.25) is 10.0 Å². The highest BCUT2D eigenvalue weighted by Gasteiger charge is 2.27. The number of allylic oxidation sites excluding steroid dienone is 2. The zero-order valence-corrected chi connectivity index (χ0v) is 37.1. The van der Waals surface area contributed by atoms with Crippen LogP contribution in [0.5, 0.6) is 11.5 Å². The molecule has 0 saturated carbocycles. The van der Waals surface area contributed by atoms with Crippen LogP contribution in [-0.4, -0.2) is 86.8 Å². The smallest absolute Gasteiger partial charge is 0.341 e. The van der Waals surface area contributed by atoms with Gasteiger partial charge in [-0.1, -0.05) is 96.0 Å². The van der Waals surface area contributed by atoms with Crippen molar-refractivity contribution in [3.8, 4) is 33.8 Å². The molecule has 330 valence electrons. The van der Waals surface area contributed by atoms with Gasteiger partial charge in [0.05, 0.1) is 37.6 Å². The van der Waals surface area contributed by atoms with Crippen molar-refractivity contribution in [1.82, 2.24) is 9.80 Å². The summed E-state index contributed by atoms with van der Waals surface area (Å²) in [5, 5.41) is 12.8. The van der Waals surface area contributed by atoms with E-state index in [-0.39, 0.29) is 58.3 Å². The summed E-state index contributed by atoms with van der Waals surface area (Å²) in [4.78, 5) is 32.0. The highest BCUT2D eigenvalue weighted by molar-refractivity contribution is 6.37. The van der Waals surface area contributed by atoms with Crippen molar-refractivity contribution in [3.63, 3.8) is 0 Å². The lowest BCUT2D eigenvalue weighted by Crippen LogP contribution is -2.37. The molecule has 0 amide bonds. The van der Waals surface area contributed by atoms with E-state index in [0.29, 0.717) is 112 Å². The minimum atomic E-state index is -1.17. The molecule has 0 radical (unpaired) electrons. The SMILES string of the molecule is C=CCc1cc2c(-c3ccccc3)c(CN3CCOCC3)c(=O)oc2c(Cl)c1OCC(O)COc1c(CC=C)cc2c(-c3ccccc3)c(CN3CCOCC3)c(=O)oc2c1Cl.Cl. The molecule has 0 unspecified atom stereocenters. The number of nitrogens with zero attached hydrogens (tertiary/aromatic N) is 2. The topological polar surface area (TPSA) is 124 Å². The Labute approximate surface area is 381 Å². The number of aliphatic hydroxyl groups excluding tert-OH is 1. The molecule has 2 aromatic heterocycles. The largest absolute Gasteiger partial charge is 0.489 e. The van der Waals surface area contributed by atoms with Gasteiger partial charge in [0.15, 0.2) is 11.2 Å². The summed E-state index contributed by atoms with van der Waals surface area (Å²) in [5.74, 6) is 0.501. The molecular formula is C49H49Cl3N2O9. The first-order valence-electron chi connectivity index (χ1n) is 20.7. The van der Waals surface area contributed by atoms with Crippen LogP contribution in [0.3, 0.4) is 0 Å². The van der Waals surface area contributed by atoms with Gasteiger partial charge in [0, 0.05) is 72.3 Å². The van der Waals surface area contributed by atoms with E-state index in [1.807, 2.05) is 72.8 Å². The van der Waals surface area contributed by atoms with Gasteiger partial charge in [0.1, 0.15) is 40.9 Å². The highest BCUT2D eigenvalue weighted by atomic mass is 35.5. The fourth-order valence-corrected chi connectivity index (χ4v) is 8.83. The second kappa shape index (κ2) is 21.2. The summed E-state index contributed by atoms with van der Waals surface area (Å²) in [5.41, 5.74) is 4.97. The van der Waals surface area contributed by atoms with Crippen LogP contribution in [0.25, 0.3) is 44.2 Å². The van der Waals surface area contributed by atoms with Crippen molar-refractivity contribution in [3.05, 3.63) is 151 Å². The van der Waals surface area contributed by atoms with Crippen LogP contribution < -0.4 is 20.7 Å². The minimum absolute atomic E-state index is 0. The van der Waals surface area contributed by atoms with Gasteiger partial charge in [0.25, 0.3) is 0 Å². The summed E-state index contributed by atoms with van der Waals surface area (Å²) in [6.45, 7) is 13.3. The van der Waals surface area contributed by atoms with Gasteiger partial charge in [-0.25, -0.2) is 9.59 Å². The Bertz CT molecular complexity index is 2510. The second-order valence-corrected chi connectivity index (χ2v) is 16.1. The van der Waals surface area contributed by atoms with Crippen molar-refractivity contribution in [2.45, 2.75) is 32.0 Å². The molecule has 2 saturated heterocycles. The summed E-state index contributed by atoms with van der Waals surface area (Å²) in [6, 6.07) is 23.2. The van der Waals surface area contributed by atoms with Crippen molar-refractivity contribution >= 4 is 57.5 Å². The molecule has 0 atom stereocenters. The molecule has 0 spiro atoms. The van der Waals surface area contributed by atoms with Crippen molar-refractivity contribution < 1.29 is 32.9 Å². The van der Waals surface area contributed by atoms with Crippen molar-refractivity contribution in [2.24, 2.45) is 0 Å². The molecule has 6 aromatic rings. The second-order valence-electron chi connectivity index (χ2n) is 15.4. The maximum absolute atomic E-state index is 13.8. The highest BCUT2D eigenvalue weighted by Crippen LogP contribution is 2.43. The Balaban J connectivity index is 0.00000595. The summed E-state index contributed by atoms with van der Waals surface area (Å²) >= 11 is 14.2. The van der Waals surface area contributed by atoms with Crippen LogP contribution in [-0.2, 0) is 35.4 Å². The van der Waals surface area contributed by atoms with E-state index in [9.17, 15) is 14.7 Å². The van der Waals surface area contributed by atoms with Crippen LogP contribution >= 0.6 is 35.6 Å². The lowest BCUT2D eigenvalue weighted by atomic mass is 9.94. The third-order valence-electron chi connectivity index (χ3n) is 11.2. The maximum atomic E-state index is 13.8. The Morgan fingerprint density at radius 3 is 1.40 bits per heavy atom. The van der Waals surface area contributed by atoms with E-state index >= 15 is 0 Å². The van der Waals surface area contributed by atoms with Crippen molar-refractivity contribution in [2.75, 3.05) is 65.8 Å². The van der Waals surface area contributed by atoms with Crippen molar-refractivity contribution in [1.29, 1.82) is 0 Å². The van der Waals surface area contributed by atoms with E-state index in [2.05, 4.69) is 23.0 Å². The quantitative estimate of drug-likeness (QED) is 0.0740. The molecule has 11 nitrogen and oxygen atoms in total. The third kappa shape index (κ3) is 10.1. The number of hydrogen-bond acceptors (Lipinski definition) is 11. The van der Waals surface area contributed by atoms with E-state index < -0.39 is 17.4 Å². The minimum Gasteiger partial charge on any atom is -0.489 e. The Morgan fingerprint density at radius 2 is 1.03 bits per heavy atom. The van der Waals surface area contributed by atoms with Crippen LogP contribution in [0.4, 0.5) is 0 Å². The first-order chi connectivity index (χ1) is 30.2. The van der Waals surface area contributed by atoms with E-state index in [1.54, 1.807) is 12.2 Å². The number of benzene rings is 4. The van der Waals surface area contributed by atoms with Crippen LogP contribution in [0.15, 0.2) is 117 Å². The van der Waals surface area contributed by atoms with Crippen LogP contribution in [0.1, 0.15) is 22.3 Å². The number of fused-ring (bicyclic) bond motifs is 2. The average Bonchev–Trinajstić information content (AvgIpc) is 3.29. The van der Waals surface area contributed by atoms with E-state index in [1.165, 1.54) is 0 Å². The monoisotopic (exact) mass is 914 g/mol. The lowest BCUT2D eigenvalue weighted by molar-refractivity contribution is 0.0338. The van der Waals surface area contributed by atoms with Gasteiger partial charge >= 0.3 is 11.3 Å². The molecule has 14 heteroatoms. The van der Waals surface area contributed by atoms with Gasteiger partial charge in [0.2, 0.25) is 0 Å². The third-order valence-corrected chi connectivity index (χ3v) is 11.9. The molecule has 4 aromatic carbocycles. The summed E-state index contributed by atoms with van der Waals surface area (Å²) in [7, 11) is 0. The van der Waals surface area contributed by atoms with E-state index in [0.717, 1.165) is 22.3 Å². The predicted molar refractivity (Wildman–Crippen MR) is 250 cm³/mol. The van der Waals surface area contributed by atoms with Gasteiger partial charge in [-0.05, 0) is 36.1 Å². The number of halogens is 3. The standard InChI is InChI=1S/C49H48Cl2N2O9.ClH/c1-3-11-33-25-36-40(31-13-7-5-8-14-31)38(27-52-17-21-57-22-18-52)48(55)61-46(36)42(50)44(33)59-29-35(54)30-60-45-34(12-4-2)26-37-41(32-15-9-6-10-16-32)39(28-53-19-23-58-24-20-53)49(56)62-47(37)43(45)51;/h3-10,13-16,25-26,35,54H,1-2,11-12,17-24,27-30H2;1H. The zero-order chi connectivity index (χ0) is 43.2. The Hall–Kier alpha value is -4.95. The maximum Gasteiger partial charge on any atom is 0.341 e. The first kappa shape index (κ1) is 46.1. The Kier molecular flexibility index (Phi) is 15.5. The number of rotatable bonds is 16. The Morgan fingerprint density at radius 1 is 0.651 bits per heavy atom. The number of hydrogen-bond donors (Lipinski definition) is 1. The van der Waals surface area contributed by atoms with Gasteiger partial charge in [-0.15, -0.1) is 25.6 Å². The van der Waals surface area contributed by atoms with E-state index in [4.69, 9.17) is 51.0 Å². The zero-order valence-electron chi connectivity index (χ0n) is 34.7. The normalized spacial score (nSPS) is 14.8. The average molecular weight is 916 g/mol. The molecule has 2 aliphatic rings.